The van der Waals surface area contributed by atoms with Crippen molar-refractivity contribution in [3.63, 3.8) is 0 Å². The van der Waals surface area contributed by atoms with Crippen molar-refractivity contribution in [2.75, 3.05) is 68.9 Å². The first-order valence-corrected chi connectivity index (χ1v) is 21.0. The van der Waals surface area contributed by atoms with Crippen LogP contribution < -0.4 is 20.9 Å². The van der Waals surface area contributed by atoms with Gasteiger partial charge in [-0.15, -0.1) is 0 Å². The van der Waals surface area contributed by atoms with Crippen LogP contribution in [0.5, 0.6) is 0 Å². The molecule has 314 valence electrons. The molecule has 2 saturated heterocycles. The summed E-state index contributed by atoms with van der Waals surface area (Å²) in [7, 11) is 3.56. The quantitative estimate of drug-likeness (QED) is 0.0853. The van der Waals surface area contributed by atoms with Gasteiger partial charge in [-0.1, -0.05) is 13.0 Å². The highest BCUT2D eigenvalue weighted by Gasteiger charge is 2.28. The van der Waals surface area contributed by atoms with Crippen LogP contribution in [-0.2, 0) is 29.2 Å². The van der Waals surface area contributed by atoms with Crippen molar-refractivity contribution >= 4 is 57.5 Å². The number of hydrogen-bond donors (Lipinski definition) is 4. The smallest absolute Gasteiger partial charge is 0.322 e. The second kappa shape index (κ2) is 19.6. The number of halogens is 2. The summed E-state index contributed by atoms with van der Waals surface area (Å²) in [5.41, 5.74) is 2.76. The molecule has 0 spiro atoms. The molecule has 6 rings (SSSR count). The third-order valence-electron chi connectivity index (χ3n) is 11.2. The molecule has 4 N–H and O–H groups in total. The standard InChI is InChI=1S/C41H52F2N12O3S/c1-26(25-53-15-10-27(11-16-53)28-7-9-33-35(22-28)52(4)51-39(33)55(14-5-19-56)41(57)47-3)20-30-21-32(8-6-29(30)23-44)59(58)54-17-12-31(13-18-54)49-40-48-24-34(36(45)37(42)43)38(46-2)50-40/h6-9,19,21-22,24,26-27,31,37,45H,5,10-18,20,25H2,1-4H3,(H,47,57)(H2,46,48,49,50). The van der Waals surface area contributed by atoms with Crippen molar-refractivity contribution in [1.29, 1.82) is 10.7 Å². The largest absolute Gasteiger partial charge is 0.372 e. The van der Waals surface area contributed by atoms with Crippen LogP contribution in [-0.4, -0.2) is 117 Å². The van der Waals surface area contributed by atoms with E-state index in [2.05, 4.69) is 61.0 Å². The van der Waals surface area contributed by atoms with Crippen LogP contribution in [0.2, 0.25) is 0 Å². The lowest BCUT2D eigenvalue weighted by Gasteiger charge is -2.34. The molecule has 15 nitrogen and oxygen atoms in total. The van der Waals surface area contributed by atoms with Crippen LogP contribution in [0, 0.1) is 22.7 Å². The lowest BCUT2D eigenvalue weighted by atomic mass is 9.88. The molecule has 4 aromatic rings. The zero-order chi connectivity index (χ0) is 42.2. The van der Waals surface area contributed by atoms with Gasteiger partial charge in [-0.25, -0.2) is 27.1 Å². The fraction of sp³-hybridized carbons (Fsp3) is 0.488. The predicted octanol–water partition coefficient (Wildman–Crippen LogP) is 5.30. The van der Waals surface area contributed by atoms with Gasteiger partial charge in [-0.2, -0.15) is 15.3 Å². The van der Waals surface area contributed by atoms with Gasteiger partial charge in [-0.3, -0.25) is 15.0 Å². The molecular formula is C41H52F2N12O3S. The highest BCUT2D eigenvalue weighted by molar-refractivity contribution is 7.82. The van der Waals surface area contributed by atoms with Gasteiger partial charge in [0, 0.05) is 71.4 Å². The molecule has 0 aliphatic carbocycles. The van der Waals surface area contributed by atoms with Gasteiger partial charge in [0.1, 0.15) is 28.8 Å². The van der Waals surface area contributed by atoms with Gasteiger partial charge in [0.15, 0.2) is 5.82 Å². The Balaban J connectivity index is 1.01. The summed E-state index contributed by atoms with van der Waals surface area (Å²) < 4.78 is 43.7. The Morgan fingerprint density at radius 3 is 2.53 bits per heavy atom. The topological polar surface area (TPSA) is 188 Å². The molecule has 59 heavy (non-hydrogen) atoms. The van der Waals surface area contributed by atoms with E-state index in [1.54, 1.807) is 30.9 Å². The lowest BCUT2D eigenvalue weighted by molar-refractivity contribution is -0.107. The third kappa shape index (κ3) is 10.1. The molecule has 2 aromatic carbocycles. The number of carbonyl (C=O) groups is 2. The highest BCUT2D eigenvalue weighted by atomic mass is 32.2. The van der Waals surface area contributed by atoms with Crippen molar-refractivity contribution < 1.29 is 22.6 Å². The minimum Gasteiger partial charge on any atom is -0.372 e. The molecule has 2 unspecified atom stereocenters. The summed E-state index contributed by atoms with van der Waals surface area (Å²) in [6.07, 6.45) is 3.31. The number of amides is 2. The van der Waals surface area contributed by atoms with E-state index in [4.69, 9.17) is 5.41 Å². The molecule has 0 bridgehead atoms. The Bertz CT molecular complexity index is 2210. The molecule has 0 radical (unpaired) electrons. The highest BCUT2D eigenvalue weighted by Crippen LogP contribution is 2.34. The number of hydrogen-bond acceptors (Lipinski definition) is 11. The van der Waals surface area contributed by atoms with Crippen LogP contribution in [0.1, 0.15) is 67.2 Å². The maximum absolute atomic E-state index is 13.8. The van der Waals surface area contributed by atoms with Gasteiger partial charge in [-0.05, 0) is 98.5 Å². The Morgan fingerprint density at radius 1 is 1.12 bits per heavy atom. The van der Waals surface area contributed by atoms with Crippen LogP contribution in [0.25, 0.3) is 10.9 Å². The number of nitrogens with zero attached hydrogens (tertiary/aromatic N) is 8. The van der Waals surface area contributed by atoms with E-state index in [1.807, 2.05) is 23.5 Å². The van der Waals surface area contributed by atoms with Crippen molar-refractivity contribution in [3.8, 4) is 6.07 Å². The zero-order valence-electron chi connectivity index (χ0n) is 33.9. The Hall–Kier alpha value is -5.38. The van der Waals surface area contributed by atoms with Gasteiger partial charge in [0.25, 0.3) is 6.43 Å². The van der Waals surface area contributed by atoms with Gasteiger partial charge < -0.3 is 25.6 Å². The molecule has 2 fully saturated rings. The van der Waals surface area contributed by atoms with Crippen molar-refractivity contribution in [2.45, 2.75) is 68.7 Å². The van der Waals surface area contributed by atoms with Crippen LogP contribution in [0.3, 0.4) is 0 Å². The summed E-state index contributed by atoms with van der Waals surface area (Å²) in [5.74, 6) is 1.60. The first-order valence-electron chi connectivity index (χ1n) is 19.9. The number of piperidine rings is 2. The number of carbonyl (C=O) groups excluding carboxylic acids is 2. The van der Waals surface area contributed by atoms with Crippen LogP contribution >= 0.6 is 0 Å². The number of urea groups is 1. The van der Waals surface area contributed by atoms with E-state index in [0.29, 0.717) is 54.5 Å². The number of aromatic nitrogens is 4. The molecular weight excluding hydrogens is 779 g/mol. The molecule has 2 aliphatic rings. The van der Waals surface area contributed by atoms with E-state index in [0.717, 1.165) is 55.2 Å². The summed E-state index contributed by atoms with van der Waals surface area (Å²) in [6, 6.07) is 13.8. The molecule has 18 heteroatoms. The predicted molar refractivity (Wildman–Crippen MR) is 225 cm³/mol. The number of benzene rings is 2. The molecule has 4 heterocycles. The molecule has 0 saturated carbocycles. The van der Waals surface area contributed by atoms with Gasteiger partial charge in [0.2, 0.25) is 5.95 Å². The summed E-state index contributed by atoms with van der Waals surface area (Å²) in [5, 5.41) is 31.8. The maximum atomic E-state index is 13.8. The first-order chi connectivity index (χ1) is 28.4. The van der Waals surface area contributed by atoms with E-state index in [9.17, 15) is 27.8 Å². The van der Waals surface area contributed by atoms with Crippen molar-refractivity contribution in [3.05, 3.63) is 64.8 Å². The average molecular weight is 831 g/mol. The summed E-state index contributed by atoms with van der Waals surface area (Å²) >= 11 is 0. The number of nitriles is 1. The van der Waals surface area contributed by atoms with Crippen molar-refractivity contribution in [2.24, 2.45) is 13.0 Å². The van der Waals surface area contributed by atoms with E-state index in [1.165, 1.54) is 16.7 Å². The number of anilines is 3. The molecule has 2 aliphatic heterocycles. The number of likely N-dealkylation sites (tertiary alicyclic amines) is 1. The molecule has 2 aromatic heterocycles. The zero-order valence-corrected chi connectivity index (χ0v) is 34.7. The van der Waals surface area contributed by atoms with E-state index in [-0.39, 0.29) is 48.3 Å². The summed E-state index contributed by atoms with van der Waals surface area (Å²) in [4.78, 5) is 36.8. The minimum atomic E-state index is -2.93. The Kier molecular flexibility index (Phi) is 14.3. The molecule has 2 atom stereocenters. The van der Waals surface area contributed by atoms with Crippen molar-refractivity contribution in [1.82, 2.24) is 34.3 Å². The second-order valence-electron chi connectivity index (χ2n) is 15.2. The number of rotatable bonds is 16. The minimum absolute atomic E-state index is 0.0120. The molecule has 2 amide bonds. The van der Waals surface area contributed by atoms with Crippen LogP contribution in [0.15, 0.2) is 47.5 Å². The fourth-order valence-corrected chi connectivity index (χ4v) is 9.34. The van der Waals surface area contributed by atoms with Gasteiger partial charge >= 0.3 is 6.03 Å². The Labute approximate surface area is 345 Å². The van der Waals surface area contributed by atoms with E-state index < -0.39 is 23.1 Å². The van der Waals surface area contributed by atoms with E-state index >= 15 is 0 Å². The summed E-state index contributed by atoms with van der Waals surface area (Å²) in [6.45, 7) is 6.30. The normalized spacial score (nSPS) is 16.7. The number of fused-ring (bicyclic) bond motifs is 1. The third-order valence-corrected chi connectivity index (χ3v) is 12.7. The SMILES string of the molecule is CNC(=O)N(CCC=O)c1nn(C)c2cc(C3CCN(CC(C)Cc4cc(S(=O)N5CCC(Nc6ncc(C(=N)C(F)F)c(NC)n6)CC5)ccc4C#N)CC3)ccc12. The monoisotopic (exact) mass is 830 g/mol. The Morgan fingerprint density at radius 2 is 1.86 bits per heavy atom. The first kappa shape index (κ1) is 43.2. The average Bonchev–Trinajstić information content (AvgIpc) is 3.58. The number of alkyl halides is 2. The number of nitrogens with one attached hydrogen (secondary N) is 4. The van der Waals surface area contributed by atoms with Crippen LogP contribution in [0.4, 0.5) is 31.2 Å². The lowest BCUT2D eigenvalue weighted by Crippen LogP contribution is -2.40. The fourth-order valence-electron chi connectivity index (χ4n) is 8.07. The number of aryl methyl sites for hydroxylation is 1. The van der Waals surface area contributed by atoms with Gasteiger partial charge in [0.05, 0.1) is 27.6 Å². The second-order valence-corrected chi connectivity index (χ2v) is 16.7. The number of aldehydes is 1. The maximum Gasteiger partial charge on any atom is 0.322 e.